The Kier molecular flexibility index (Phi) is 4.69. The van der Waals surface area contributed by atoms with E-state index in [1.54, 1.807) is 12.1 Å². The van der Waals surface area contributed by atoms with Gasteiger partial charge in [0.2, 0.25) is 0 Å². The molecule has 0 saturated carbocycles. The monoisotopic (exact) mass is 365 g/mol. The molecule has 1 aliphatic heterocycles. The van der Waals surface area contributed by atoms with Crippen molar-refractivity contribution in [3.8, 4) is 0 Å². The van der Waals surface area contributed by atoms with Crippen molar-refractivity contribution < 1.29 is 22.7 Å². The van der Waals surface area contributed by atoms with Crippen LogP contribution >= 0.6 is 0 Å². The third-order valence-corrected chi connectivity index (χ3v) is 5.89. The summed E-state index contributed by atoms with van der Waals surface area (Å²) in [5.41, 5.74) is 1.37. The number of rotatable bonds is 4. The molecular weight excluding hydrogens is 349 g/mol. The lowest BCUT2D eigenvalue weighted by Gasteiger charge is -2.27. The van der Waals surface area contributed by atoms with Crippen LogP contribution in [-0.4, -0.2) is 47.1 Å². The molecule has 1 fully saturated rings. The lowest BCUT2D eigenvalue weighted by Crippen LogP contribution is -2.37. The molecule has 0 aliphatic carbocycles. The van der Waals surface area contributed by atoms with Crippen molar-refractivity contribution >= 4 is 22.1 Å². The first-order chi connectivity index (χ1) is 11.9. The van der Waals surface area contributed by atoms with E-state index in [1.165, 1.54) is 16.4 Å². The van der Waals surface area contributed by atoms with E-state index in [0.29, 0.717) is 12.8 Å². The zero-order valence-corrected chi connectivity index (χ0v) is 14.0. The van der Waals surface area contributed by atoms with Gasteiger partial charge in [-0.25, -0.2) is 17.6 Å². The molecular formula is C16H16FN3O4S. The van der Waals surface area contributed by atoms with E-state index < -0.39 is 21.0 Å². The molecule has 1 aromatic heterocycles. The number of piperidine rings is 1. The Hall–Kier alpha value is -2.52. The largest absolute Gasteiger partial charge is 0.478 e. The molecule has 2 heterocycles. The summed E-state index contributed by atoms with van der Waals surface area (Å²) in [7, 11) is -3.95. The van der Waals surface area contributed by atoms with Crippen LogP contribution in [0.25, 0.3) is 6.08 Å². The summed E-state index contributed by atoms with van der Waals surface area (Å²) in [5, 5.41) is 14.4. The number of aromatic carboxylic acids is 1. The zero-order chi connectivity index (χ0) is 18.0. The van der Waals surface area contributed by atoms with Gasteiger partial charge in [0, 0.05) is 13.1 Å². The first kappa shape index (κ1) is 17.3. The molecule has 0 atom stereocenters. The highest BCUT2D eigenvalue weighted by Crippen LogP contribution is 2.25. The van der Waals surface area contributed by atoms with Gasteiger partial charge < -0.3 is 5.11 Å². The topological polar surface area (TPSA) is 103 Å². The highest BCUT2D eigenvalue weighted by atomic mass is 32.2. The predicted octanol–water partition coefficient (Wildman–Crippen LogP) is 2.12. The van der Waals surface area contributed by atoms with Gasteiger partial charge in [-0.1, -0.05) is 23.8 Å². The molecule has 0 radical (unpaired) electrons. The second-order valence-electron chi connectivity index (χ2n) is 5.68. The number of sulfonamides is 1. The van der Waals surface area contributed by atoms with Crippen LogP contribution in [0.2, 0.25) is 0 Å². The van der Waals surface area contributed by atoms with E-state index in [9.17, 15) is 17.6 Å². The van der Waals surface area contributed by atoms with Gasteiger partial charge in [-0.15, -0.1) is 0 Å². The molecule has 0 bridgehead atoms. The van der Waals surface area contributed by atoms with Gasteiger partial charge in [-0.05, 0) is 30.5 Å². The van der Waals surface area contributed by atoms with Crippen molar-refractivity contribution in [2.45, 2.75) is 17.9 Å². The highest BCUT2D eigenvalue weighted by Gasteiger charge is 2.32. The Morgan fingerprint density at radius 1 is 1.32 bits per heavy atom. The third kappa shape index (κ3) is 3.62. The number of nitrogens with one attached hydrogen (secondary N) is 1. The van der Waals surface area contributed by atoms with Crippen LogP contribution in [0.5, 0.6) is 0 Å². The average molecular weight is 365 g/mol. The van der Waals surface area contributed by atoms with Gasteiger partial charge in [0.25, 0.3) is 10.0 Å². The Morgan fingerprint density at radius 3 is 2.68 bits per heavy atom. The first-order valence-corrected chi connectivity index (χ1v) is 9.04. The summed E-state index contributed by atoms with van der Waals surface area (Å²) in [4.78, 5) is 11.1. The normalized spacial score (nSPS) is 16.0. The third-order valence-electron chi connectivity index (χ3n) is 4.02. The number of hydrogen-bond donors (Lipinski definition) is 2. The van der Waals surface area contributed by atoms with Gasteiger partial charge in [-0.3, -0.25) is 5.10 Å². The molecule has 0 unspecified atom stereocenters. The van der Waals surface area contributed by atoms with Crippen molar-refractivity contribution in [3.05, 3.63) is 53.0 Å². The minimum Gasteiger partial charge on any atom is -0.478 e. The zero-order valence-electron chi connectivity index (χ0n) is 13.1. The molecule has 2 N–H and O–H groups in total. The van der Waals surface area contributed by atoms with Gasteiger partial charge in [-0.2, -0.15) is 9.40 Å². The Morgan fingerprint density at radius 2 is 2.04 bits per heavy atom. The summed E-state index contributed by atoms with van der Waals surface area (Å²) in [6.45, 7) is 0.448. The number of nitrogens with zero attached hydrogens (tertiary/aromatic N) is 2. The number of aromatic nitrogens is 2. The van der Waals surface area contributed by atoms with E-state index in [4.69, 9.17) is 5.11 Å². The minimum absolute atomic E-state index is 0.224. The summed E-state index contributed by atoms with van der Waals surface area (Å²) >= 11 is 0. The van der Waals surface area contributed by atoms with Crippen LogP contribution in [0.3, 0.4) is 0 Å². The molecule has 132 valence electrons. The van der Waals surface area contributed by atoms with Gasteiger partial charge >= 0.3 is 5.97 Å². The quantitative estimate of drug-likeness (QED) is 0.864. The first-order valence-electron chi connectivity index (χ1n) is 7.60. The molecule has 2 aromatic rings. The van der Waals surface area contributed by atoms with Gasteiger partial charge in [0.15, 0.2) is 5.03 Å². The molecule has 3 rings (SSSR count). The van der Waals surface area contributed by atoms with Crippen molar-refractivity contribution in [2.24, 2.45) is 0 Å². The van der Waals surface area contributed by atoms with Crippen molar-refractivity contribution in [1.29, 1.82) is 0 Å². The molecule has 0 amide bonds. The van der Waals surface area contributed by atoms with Crippen LogP contribution in [-0.2, 0) is 10.0 Å². The highest BCUT2D eigenvalue weighted by molar-refractivity contribution is 7.89. The number of benzene rings is 1. The molecule has 1 aromatic carbocycles. The molecule has 0 spiro atoms. The number of aromatic amines is 1. The van der Waals surface area contributed by atoms with Crippen LogP contribution in [0.4, 0.5) is 4.39 Å². The van der Waals surface area contributed by atoms with Crippen LogP contribution in [0, 0.1) is 5.82 Å². The standard InChI is InChI=1S/C16H16FN3O4S/c17-13-3-1-2-12(9-13)8-11-4-6-20(7-5-11)25(23,24)15-14(16(21)22)10-18-19-15/h1-3,8-10H,4-7H2,(H,18,19)(H,21,22). The molecule has 1 saturated heterocycles. The van der Waals surface area contributed by atoms with Gasteiger partial charge in [0.05, 0.1) is 6.20 Å². The van der Waals surface area contributed by atoms with Crippen LogP contribution < -0.4 is 0 Å². The van der Waals surface area contributed by atoms with Gasteiger partial charge in [0.1, 0.15) is 11.4 Å². The summed E-state index contributed by atoms with van der Waals surface area (Å²) < 4.78 is 39.7. The Balaban J connectivity index is 1.75. The summed E-state index contributed by atoms with van der Waals surface area (Å²) in [6, 6.07) is 6.18. The molecule has 7 nitrogen and oxygen atoms in total. The lowest BCUT2D eigenvalue weighted by atomic mass is 10.0. The number of H-pyrrole nitrogens is 1. The van der Waals surface area contributed by atoms with Crippen LogP contribution in [0.15, 0.2) is 41.1 Å². The predicted molar refractivity (Wildman–Crippen MR) is 87.9 cm³/mol. The second-order valence-corrected chi connectivity index (χ2v) is 7.55. The second kappa shape index (κ2) is 6.77. The van der Waals surface area contributed by atoms with Crippen molar-refractivity contribution in [2.75, 3.05) is 13.1 Å². The van der Waals surface area contributed by atoms with E-state index in [-0.39, 0.29) is 24.5 Å². The van der Waals surface area contributed by atoms with E-state index in [0.717, 1.165) is 17.3 Å². The number of carboxylic acid groups (broad SMARTS) is 1. The number of carbonyl (C=O) groups is 1. The fourth-order valence-corrected chi connectivity index (χ4v) is 4.25. The molecule has 25 heavy (non-hydrogen) atoms. The van der Waals surface area contributed by atoms with E-state index in [2.05, 4.69) is 10.2 Å². The maximum Gasteiger partial charge on any atom is 0.340 e. The Labute approximate surface area is 143 Å². The summed E-state index contributed by atoms with van der Waals surface area (Å²) in [6.07, 6.45) is 3.82. The SMILES string of the molecule is O=C(O)c1cn[nH]c1S(=O)(=O)N1CCC(=Cc2cccc(F)c2)CC1. The summed E-state index contributed by atoms with van der Waals surface area (Å²) in [5.74, 6) is -1.68. The molecule has 9 heteroatoms. The maximum atomic E-state index is 13.2. The number of carboxylic acids is 1. The maximum absolute atomic E-state index is 13.2. The fraction of sp³-hybridized carbons (Fsp3) is 0.250. The van der Waals surface area contributed by atoms with E-state index >= 15 is 0 Å². The van der Waals surface area contributed by atoms with Crippen molar-refractivity contribution in [3.63, 3.8) is 0 Å². The van der Waals surface area contributed by atoms with E-state index in [1.807, 2.05) is 6.08 Å². The number of halogens is 1. The lowest BCUT2D eigenvalue weighted by molar-refractivity contribution is 0.0692. The minimum atomic E-state index is -3.95. The number of hydrogen-bond acceptors (Lipinski definition) is 4. The van der Waals surface area contributed by atoms with Crippen LogP contribution in [0.1, 0.15) is 28.8 Å². The molecule has 1 aliphatic rings. The fourth-order valence-electron chi connectivity index (χ4n) is 2.74. The Bertz CT molecular complexity index is 926. The smallest absolute Gasteiger partial charge is 0.340 e. The van der Waals surface area contributed by atoms with Crippen molar-refractivity contribution in [1.82, 2.24) is 14.5 Å². The average Bonchev–Trinajstić information content (AvgIpc) is 3.06.